The highest BCUT2D eigenvalue weighted by Gasteiger charge is 2.29. The van der Waals surface area contributed by atoms with E-state index < -0.39 is 0 Å². The van der Waals surface area contributed by atoms with Crippen LogP contribution in [0.1, 0.15) is 32.6 Å². The monoisotopic (exact) mass is 308 g/mol. The second-order valence-corrected chi connectivity index (χ2v) is 7.09. The van der Waals surface area contributed by atoms with Crippen molar-refractivity contribution in [2.45, 2.75) is 44.7 Å². The topological polar surface area (TPSA) is 64.7 Å². The van der Waals surface area contributed by atoms with Gasteiger partial charge in [-0.15, -0.1) is 0 Å². The molecular weight excluding hydrogens is 280 g/mol. The molecule has 0 aromatic carbocycles. The molecule has 6 heteroatoms. The maximum Gasteiger partial charge on any atom is 0.234 e. The van der Waals surface area contributed by atoms with Gasteiger partial charge >= 0.3 is 0 Å². The van der Waals surface area contributed by atoms with E-state index in [1.807, 2.05) is 0 Å². The summed E-state index contributed by atoms with van der Waals surface area (Å²) < 4.78 is 0. The van der Waals surface area contributed by atoms with Crippen LogP contribution in [0.3, 0.4) is 0 Å². The number of carbonyl (C=O) groups excluding carboxylic acids is 2. The maximum atomic E-state index is 12.0. The average Bonchev–Trinajstić information content (AvgIpc) is 3.34. The first-order valence-corrected chi connectivity index (χ1v) is 8.63. The van der Waals surface area contributed by atoms with E-state index in [1.54, 1.807) is 0 Å². The minimum atomic E-state index is 0.138. The summed E-state index contributed by atoms with van der Waals surface area (Å²) in [4.78, 5) is 28.2. The van der Waals surface area contributed by atoms with Gasteiger partial charge in [0.25, 0.3) is 0 Å². The molecule has 1 unspecified atom stereocenters. The van der Waals surface area contributed by atoms with E-state index in [1.165, 1.54) is 12.8 Å². The lowest BCUT2D eigenvalue weighted by Gasteiger charge is -2.34. The fraction of sp³-hybridized carbons (Fsp3) is 0.875. The van der Waals surface area contributed by atoms with Crippen molar-refractivity contribution in [2.24, 2.45) is 5.92 Å². The van der Waals surface area contributed by atoms with Crippen molar-refractivity contribution in [3.63, 3.8) is 0 Å². The van der Waals surface area contributed by atoms with E-state index in [0.29, 0.717) is 31.1 Å². The Balaban J connectivity index is 1.30. The second kappa shape index (κ2) is 6.96. The SMILES string of the molecule is CC(NC(=O)CN1CCN(CC(=O)NC2CC2)CC1)C1CC1. The van der Waals surface area contributed by atoms with Gasteiger partial charge in [0.2, 0.25) is 11.8 Å². The Morgan fingerprint density at radius 2 is 1.50 bits per heavy atom. The van der Waals surface area contributed by atoms with Gasteiger partial charge in [-0.25, -0.2) is 0 Å². The zero-order valence-corrected chi connectivity index (χ0v) is 13.5. The Morgan fingerprint density at radius 1 is 0.955 bits per heavy atom. The van der Waals surface area contributed by atoms with Crippen molar-refractivity contribution in [3.05, 3.63) is 0 Å². The summed E-state index contributed by atoms with van der Waals surface area (Å²) in [5.74, 6) is 0.983. The molecule has 0 bridgehead atoms. The van der Waals surface area contributed by atoms with Crippen molar-refractivity contribution < 1.29 is 9.59 Å². The first-order chi connectivity index (χ1) is 10.6. The highest BCUT2D eigenvalue weighted by molar-refractivity contribution is 5.79. The lowest BCUT2D eigenvalue weighted by Crippen LogP contribution is -2.52. The van der Waals surface area contributed by atoms with Crippen LogP contribution >= 0.6 is 0 Å². The third-order valence-corrected chi connectivity index (χ3v) is 4.86. The molecule has 1 atom stereocenters. The first kappa shape index (κ1) is 15.7. The van der Waals surface area contributed by atoms with Crippen molar-refractivity contribution in [1.82, 2.24) is 20.4 Å². The summed E-state index contributed by atoms with van der Waals surface area (Å²) in [7, 11) is 0. The molecule has 2 aliphatic carbocycles. The molecule has 0 radical (unpaired) electrons. The standard InChI is InChI=1S/C16H28N4O2/c1-12(13-2-3-13)17-15(21)10-19-6-8-20(9-7-19)11-16(22)18-14-4-5-14/h12-14H,2-11H2,1H3,(H,17,21)(H,18,22). The van der Waals surface area contributed by atoms with E-state index in [-0.39, 0.29) is 11.8 Å². The molecule has 2 N–H and O–H groups in total. The van der Waals surface area contributed by atoms with E-state index >= 15 is 0 Å². The molecule has 6 nitrogen and oxygen atoms in total. The van der Waals surface area contributed by atoms with Gasteiger partial charge in [0.1, 0.15) is 0 Å². The fourth-order valence-corrected chi connectivity index (χ4v) is 3.03. The normalized spacial score (nSPS) is 24.8. The maximum absolute atomic E-state index is 12.0. The Morgan fingerprint density at radius 3 is 2.00 bits per heavy atom. The predicted octanol–water partition coefficient (Wildman–Crippen LogP) is -0.203. The molecule has 124 valence electrons. The third kappa shape index (κ3) is 4.95. The average molecular weight is 308 g/mol. The first-order valence-electron chi connectivity index (χ1n) is 8.63. The van der Waals surface area contributed by atoms with Gasteiger partial charge in [-0.2, -0.15) is 0 Å². The molecule has 1 heterocycles. The summed E-state index contributed by atoms with van der Waals surface area (Å²) in [5.41, 5.74) is 0. The Hall–Kier alpha value is -1.14. The minimum Gasteiger partial charge on any atom is -0.352 e. The molecule has 0 aromatic heterocycles. The van der Waals surface area contributed by atoms with Crippen LogP contribution in [0.2, 0.25) is 0 Å². The van der Waals surface area contributed by atoms with Crippen LogP contribution in [0.25, 0.3) is 0 Å². The van der Waals surface area contributed by atoms with Gasteiger partial charge in [-0.1, -0.05) is 0 Å². The summed E-state index contributed by atoms with van der Waals surface area (Å²) in [5, 5.41) is 6.13. The molecule has 3 fully saturated rings. The summed E-state index contributed by atoms with van der Waals surface area (Å²) in [6.45, 7) is 6.54. The van der Waals surface area contributed by atoms with Gasteiger partial charge in [0.05, 0.1) is 13.1 Å². The molecule has 1 saturated heterocycles. The van der Waals surface area contributed by atoms with Crippen LogP contribution < -0.4 is 10.6 Å². The zero-order chi connectivity index (χ0) is 15.5. The third-order valence-electron chi connectivity index (χ3n) is 4.86. The summed E-state index contributed by atoms with van der Waals surface area (Å²) in [6.07, 6.45) is 4.77. The lowest BCUT2D eigenvalue weighted by atomic mass is 10.2. The Kier molecular flexibility index (Phi) is 4.98. The quantitative estimate of drug-likeness (QED) is 0.683. The van der Waals surface area contributed by atoms with Gasteiger partial charge in [0.15, 0.2) is 0 Å². The molecule has 3 aliphatic rings. The summed E-state index contributed by atoms with van der Waals surface area (Å²) in [6, 6.07) is 0.755. The smallest absolute Gasteiger partial charge is 0.234 e. The van der Waals surface area contributed by atoms with Crippen molar-refractivity contribution >= 4 is 11.8 Å². The molecule has 0 aromatic rings. The highest BCUT2D eigenvalue weighted by Crippen LogP contribution is 2.32. The molecule has 3 rings (SSSR count). The van der Waals surface area contributed by atoms with Crippen molar-refractivity contribution in [1.29, 1.82) is 0 Å². The molecule has 2 amide bonds. The number of piperazine rings is 1. The largest absolute Gasteiger partial charge is 0.352 e. The molecule has 2 saturated carbocycles. The predicted molar refractivity (Wildman–Crippen MR) is 84.4 cm³/mol. The van der Waals surface area contributed by atoms with Crippen LogP contribution in [-0.4, -0.2) is 73.0 Å². The van der Waals surface area contributed by atoms with E-state index in [2.05, 4.69) is 27.4 Å². The van der Waals surface area contributed by atoms with E-state index in [4.69, 9.17) is 0 Å². The van der Waals surface area contributed by atoms with Gasteiger partial charge in [0, 0.05) is 38.3 Å². The fourth-order valence-electron chi connectivity index (χ4n) is 3.03. The number of amides is 2. The number of nitrogens with zero attached hydrogens (tertiary/aromatic N) is 2. The van der Waals surface area contributed by atoms with Gasteiger partial charge < -0.3 is 10.6 Å². The van der Waals surface area contributed by atoms with Crippen LogP contribution in [0.15, 0.2) is 0 Å². The van der Waals surface area contributed by atoms with Crippen LogP contribution in [0, 0.1) is 5.92 Å². The zero-order valence-electron chi connectivity index (χ0n) is 13.5. The lowest BCUT2D eigenvalue weighted by molar-refractivity contribution is -0.125. The molecule has 1 aliphatic heterocycles. The van der Waals surface area contributed by atoms with Crippen molar-refractivity contribution in [2.75, 3.05) is 39.3 Å². The minimum absolute atomic E-state index is 0.138. The van der Waals surface area contributed by atoms with Gasteiger partial charge in [-0.05, 0) is 38.5 Å². The molecule has 0 spiro atoms. The highest BCUT2D eigenvalue weighted by atomic mass is 16.2. The second-order valence-electron chi connectivity index (χ2n) is 7.09. The molecular formula is C16H28N4O2. The Labute approximate surface area is 132 Å². The number of hydrogen-bond donors (Lipinski definition) is 2. The van der Waals surface area contributed by atoms with Crippen LogP contribution in [0.4, 0.5) is 0 Å². The van der Waals surface area contributed by atoms with E-state index in [0.717, 1.165) is 39.0 Å². The number of nitrogens with one attached hydrogen (secondary N) is 2. The molecule has 22 heavy (non-hydrogen) atoms. The van der Waals surface area contributed by atoms with Crippen molar-refractivity contribution in [3.8, 4) is 0 Å². The van der Waals surface area contributed by atoms with Crippen LogP contribution in [0.5, 0.6) is 0 Å². The number of rotatable bonds is 7. The van der Waals surface area contributed by atoms with Gasteiger partial charge in [-0.3, -0.25) is 19.4 Å². The van der Waals surface area contributed by atoms with E-state index in [9.17, 15) is 9.59 Å². The van der Waals surface area contributed by atoms with Crippen LogP contribution in [-0.2, 0) is 9.59 Å². The number of hydrogen-bond acceptors (Lipinski definition) is 4. The number of carbonyl (C=O) groups is 2. The Bertz CT molecular complexity index is 412. The summed E-state index contributed by atoms with van der Waals surface area (Å²) >= 11 is 0.